The molecule has 2 atom stereocenters. The summed E-state index contributed by atoms with van der Waals surface area (Å²) in [6.07, 6.45) is 2.08. The van der Waals surface area contributed by atoms with Gasteiger partial charge in [-0.1, -0.05) is 12.1 Å². The number of nitrogens with one attached hydrogen (secondary N) is 1. The predicted molar refractivity (Wildman–Crippen MR) is 100 cm³/mol. The highest BCUT2D eigenvalue weighted by Crippen LogP contribution is 2.35. The number of ether oxygens (including phenoxy) is 1. The lowest BCUT2D eigenvalue weighted by molar-refractivity contribution is -0.134. The number of likely N-dealkylation sites (N-methyl/N-ethyl adjacent to an activating group) is 1. The maximum Gasteiger partial charge on any atom is 0.222 e. The summed E-state index contributed by atoms with van der Waals surface area (Å²) in [5, 5.41) is 3.19. The summed E-state index contributed by atoms with van der Waals surface area (Å²) >= 11 is 0. The van der Waals surface area contributed by atoms with E-state index in [9.17, 15) is 9.59 Å². The number of aryl methyl sites for hydroxylation is 1. The van der Waals surface area contributed by atoms with Crippen LogP contribution in [0.15, 0.2) is 24.3 Å². The molecule has 2 fully saturated rings. The number of rotatable bonds is 5. The van der Waals surface area contributed by atoms with E-state index in [2.05, 4.69) is 17.3 Å². The molecule has 0 radical (unpaired) electrons. The van der Waals surface area contributed by atoms with Gasteiger partial charge in [0.2, 0.25) is 11.8 Å². The Morgan fingerprint density at radius 1 is 1.27 bits per heavy atom. The first kappa shape index (κ1) is 18.7. The van der Waals surface area contributed by atoms with Crippen LogP contribution in [0.4, 0.5) is 0 Å². The van der Waals surface area contributed by atoms with E-state index >= 15 is 0 Å². The summed E-state index contributed by atoms with van der Waals surface area (Å²) in [7, 11) is 3.73. The fourth-order valence-corrected chi connectivity index (χ4v) is 4.42. The molecule has 1 N–H and O–H groups in total. The zero-order chi connectivity index (χ0) is 18.7. The number of methoxy groups -OCH3 is 1. The highest BCUT2D eigenvalue weighted by atomic mass is 16.5. The molecule has 0 saturated carbocycles. The van der Waals surface area contributed by atoms with Crippen LogP contribution >= 0.6 is 0 Å². The van der Waals surface area contributed by atoms with Gasteiger partial charge in [0, 0.05) is 45.4 Å². The molecule has 0 unspecified atom stereocenters. The maximum atomic E-state index is 12.7. The molecule has 2 amide bonds. The van der Waals surface area contributed by atoms with Crippen molar-refractivity contribution in [3.8, 4) is 5.75 Å². The Morgan fingerprint density at radius 2 is 2.00 bits per heavy atom. The molecule has 2 saturated heterocycles. The second-order valence-electron chi connectivity index (χ2n) is 7.67. The number of nitrogens with zero attached hydrogens (tertiary/aromatic N) is 2. The van der Waals surface area contributed by atoms with E-state index in [4.69, 9.17) is 4.74 Å². The molecule has 0 aliphatic carbocycles. The highest BCUT2D eigenvalue weighted by molar-refractivity contribution is 5.77. The Bertz CT molecular complexity index is 661. The van der Waals surface area contributed by atoms with Crippen molar-refractivity contribution in [2.45, 2.75) is 31.7 Å². The summed E-state index contributed by atoms with van der Waals surface area (Å²) < 4.78 is 5.17. The molecule has 2 heterocycles. The van der Waals surface area contributed by atoms with Gasteiger partial charge in [-0.15, -0.1) is 0 Å². The molecule has 1 aromatic carbocycles. The van der Waals surface area contributed by atoms with Crippen LogP contribution in [0.2, 0.25) is 0 Å². The van der Waals surface area contributed by atoms with Gasteiger partial charge in [-0.3, -0.25) is 9.59 Å². The van der Waals surface area contributed by atoms with Gasteiger partial charge in [-0.05, 0) is 37.6 Å². The van der Waals surface area contributed by atoms with Gasteiger partial charge >= 0.3 is 0 Å². The fraction of sp³-hybridized carbons (Fsp3) is 0.600. The molecule has 3 rings (SSSR count). The fourth-order valence-electron chi connectivity index (χ4n) is 4.42. The Kier molecular flexibility index (Phi) is 5.51. The lowest BCUT2D eigenvalue weighted by Gasteiger charge is -2.44. The number of fused-ring (bicyclic) bond motifs is 1. The zero-order valence-corrected chi connectivity index (χ0v) is 16.0. The molecule has 1 aromatic rings. The predicted octanol–water partition coefficient (Wildman–Crippen LogP) is 1.30. The normalized spacial score (nSPS) is 25.7. The van der Waals surface area contributed by atoms with Crippen molar-refractivity contribution in [1.82, 2.24) is 15.1 Å². The SMILES string of the molecule is COc1ccc(CCC(=O)N2CC[C@@]3(NC(C)=O)CN(C)C[C@H]3C2)cc1. The Hall–Kier alpha value is -2.08. The van der Waals surface area contributed by atoms with Crippen LogP contribution in [-0.4, -0.2) is 67.5 Å². The standard InChI is InChI=1S/C20H29N3O3/c1-15(24)21-20-10-11-23(13-17(20)12-22(2)14-20)19(25)9-6-16-4-7-18(26-3)8-5-16/h4-5,7-8,17H,6,9-14H2,1-3H3,(H,21,24)/t17-,20+/m0/s1. The molecule has 6 heteroatoms. The number of carbonyl (C=O) groups is 2. The summed E-state index contributed by atoms with van der Waals surface area (Å²) in [4.78, 5) is 28.6. The first-order chi connectivity index (χ1) is 12.4. The lowest BCUT2D eigenvalue weighted by Crippen LogP contribution is -2.61. The van der Waals surface area contributed by atoms with E-state index < -0.39 is 0 Å². The first-order valence-corrected chi connectivity index (χ1v) is 9.30. The minimum Gasteiger partial charge on any atom is -0.497 e. The first-order valence-electron chi connectivity index (χ1n) is 9.30. The molecule has 26 heavy (non-hydrogen) atoms. The van der Waals surface area contributed by atoms with Crippen LogP contribution in [-0.2, 0) is 16.0 Å². The monoisotopic (exact) mass is 359 g/mol. The van der Waals surface area contributed by atoms with E-state index in [0.29, 0.717) is 18.9 Å². The second-order valence-corrected chi connectivity index (χ2v) is 7.67. The van der Waals surface area contributed by atoms with E-state index in [0.717, 1.165) is 43.8 Å². The molecular weight excluding hydrogens is 330 g/mol. The van der Waals surface area contributed by atoms with Gasteiger partial charge in [-0.2, -0.15) is 0 Å². The number of benzene rings is 1. The largest absolute Gasteiger partial charge is 0.497 e. The van der Waals surface area contributed by atoms with Gasteiger partial charge in [0.25, 0.3) is 0 Å². The Labute approximate surface area is 155 Å². The number of carbonyl (C=O) groups excluding carboxylic acids is 2. The van der Waals surface area contributed by atoms with Crippen molar-refractivity contribution < 1.29 is 14.3 Å². The van der Waals surface area contributed by atoms with Crippen molar-refractivity contribution in [3.05, 3.63) is 29.8 Å². The third-order valence-electron chi connectivity index (χ3n) is 5.70. The third kappa shape index (κ3) is 4.01. The number of piperidine rings is 1. The van der Waals surface area contributed by atoms with E-state index in [1.165, 1.54) is 0 Å². The van der Waals surface area contributed by atoms with Crippen molar-refractivity contribution in [2.24, 2.45) is 5.92 Å². The van der Waals surface area contributed by atoms with E-state index in [1.807, 2.05) is 29.2 Å². The minimum atomic E-state index is -0.173. The summed E-state index contributed by atoms with van der Waals surface area (Å²) in [6.45, 7) is 4.81. The van der Waals surface area contributed by atoms with Crippen molar-refractivity contribution in [1.29, 1.82) is 0 Å². The average Bonchev–Trinajstić information content (AvgIpc) is 2.93. The van der Waals surface area contributed by atoms with Crippen molar-refractivity contribution >= 4 is 11.8 Å². The zero-order valence-electron chi connectivity index (χ0n) is 16.0. The number of hydrogen-bond donors (Lipinski definition) is 1. The Morgan fingerprint density at radius 3 is 2.65 bits per heavy atom. The smallest absolute Gasteiger partial charge is 0.222 e. The van der Waals surface area contributed by atoms with Gasteiger partial charge < -0.3 is 19.9 Å². The average molecular weight is 359 g/mol. The van der Waals surface area contributed by atoms with Crippen LogP contribution in [0, 0.1) is 5.92 Å². The number of likely N-dealkylation sites (tertiary alicyclic amines) is 2. The molecule has 0 aromatic heterocycles. The summed E-state index contributed by atoms with van der Waals surface area (Å²) in [5.74, 6) is 1.35. The van der Waals surface area contributed by atoms with Crippen LogP contribution < -0.4 is 10.1 Å². The molecule has 2 aliphatic rings. The van der Waals surface area contributed by atoms with Crippen molar-refractivity contribution in [3.63, 3.8) is 0 Å². The van der Waals surface area contributed by atoms with Gasteiger partial charge in [0.1, 0.15) is 5.75 Å². The third-order valence-corrected chi connectivity index (χ3v) is 5.70. The minimum absolute atomic E-state index is 0.0181. The highest BCUT2D eigenvalue weighted by Gasteiger charge is 2.49. The maximum absolute atomic E-state index is 12.7. The number of amides is 2. The molecule has 0 bridgehead atoms. The van der Waals surface area contributed by atoms with Crippen LogP contribution in [0.5, 0.6) is 5.75 Å². The second kappa shape index (κ2) is 7.66. The Balaban J connectivity index is 1.57. The molecule has 6 nitrogen and oxygen atoms in total. The van der Waals surface area contributed by atoms with Crippen LogP contribution in [0.25, 0.3) is 0 Å². The van der Waals surface area contributed by atoms with Gasteiger partial charge in [0.15, 0.2) is 0 Å². The molecule has 0 spiro atoms. The van der Waals surface area contributed by atoms with E-state index in [-0.39, 0.29) is 17.4 Å². The number of hydrogen-bond acceptors (Lipinski definition) is 4. The van der Waals surface area contributed by atoms with Crippen LogP contribution in [0.3, 0.4) is 0 Å². The van der Waals surface area contributed by atoms with Gasteiger partial charge in [0.05, 0.1) is 12.6 Å². The topological polar surface area (TPSA) is 61.9 Å². The quantitative estimate of drug-likeness (QED) is 0.861. The lowest BCUT2D eigenvalue weighted by atomic mass is 9.80. The van der Waals surface area contributed by atoms with Crippen LogP contribution in [0.1, 0.15) is 25.3 Å². The molecule has 2 aliphatic heterocycles. The van der Waals surface area contributed by atoms with E-state index in [1.54, 1.807) is 14.0 Å². The summed E-state index contributed by atoms with van der Waals surface area (Å²) in [6, 6.07) is 7.87. The molecule has 142 valence electrons. The van der Waals surface area contributed by atoms with Crippen molar-refractivity contribution in [2.75, 3.05) is 40.3 Å². The van der Waals surface area contributed by atoms with Gasteiger partial charge in [-0.25, -0.2) is 0 Å². The molecular formula is C20H29N3O3. The summed E-state index contributed by atoms with van der Waals surface area (Å²) in [5.41, 5.74) is 0.970.